The molecule has 2 heterocycles. The third-order valence-electron chi connectivity index (χ3n) is 10.9. The molecule has 0 bridgehead atoms. The van der Waals surface area contributed by atoms with Crippen LogP contribution in [0, 0.1) is 17.6 Å². The Kier molecular flexibility index (Phi) is 13.5. The van der Waals surface area contributed by atoms with Gasteiger partial charge < -0.3 is 15.5 Å². The molecule has 9 nitrogen and oxygen atoms in total. The molecule has 4 amide bonds. The molecule has 12 heteroatoms. The number of hydrogen-bond acceptors (Lipinski definition) is 7. The number of hydrogen-bond donors (Lipinski definition) is 3. The predicted octanol–water partition coefficient (Wildman–Crippen LogP) is 8.46. The van der Waals surface area contributed by atoms with Crippen molar-refractivity contribution in [3.8, 4) is 11.1 Å². The lowest BCUT2D eigenvalue weighted by Gasteiger charge is -2.28. The van der Waals surface area contributed by atoms with Gasteiger partial charge in [0.25, 0.3) is 17.1 Å². The van der Waals surface area contributed by atoms with Crippen molar-refractivity contribution in [2.75, 3.05) is 13.1 Å². The lowest BCUT2D eigenvalue weighted by molar-refractivity contribution is -0.117. The maximum absolute atomic E-state index is 14.8. The van der Waals surface area contributed by atoms with Crippen molar-refractivity contribution in [3.63, 3.8) is 0 Å². The van der Waals surface area contributed by atoms with E-state index in [2.05, 4.69) is 54.1 Å². The number of thioether (sulfide) groups is 1. The molecule has 3 atom stereocenters. The highest BCUT2D eigenvalue weighted by molar-refractivity contribution is 8.18. The molecular formula is C49H44F2N4O5S. The summed E-state index contributed by atoms with van der Waals surface area (Å²) >= 11 is 0.835. The van der Waals surface area contributed by atoms with E-state index in [1.807, 2.05) is 30.3 Å². The fourth-order valence-corrected chi connectivity index (χ4v) is 8.35. The first-order valence-corrected chi connectivity index (χ1v) is 20.8. The molecular weight excluding hydrogens is 795 g/mol. The quantitative estimate of drug-likeness (QED) is 0.0758. The fraction of sp³-hybridized carbons (Fsp3) is 0.204. The van der Waals surface area contributed by atoms with Crippen LogP contribution in [0.15, 0.2) is 132 Å². The molecule has 310 valence electrons. The number of likely N-dealkylation sites (tertiary alicyclic amines) is 1. The van der Waals surface area contributed by atoms with Crippen LogP contribution in [0.1, 0.15) is 63.2 Å². The van der Waals surface area contributed by atoms with Gasteiger partial charge in [-0.05, 0) is 88.7 Å². The lowest BCUT2D eigenvalue weighted by Crippen LogP contribution is -2.45. The van der Waals surface area contributed by atoms with Crippen molar-refractivity contribution >= 4 is 52.7 Å². The minimum absolute atomic E-state index is 0.0151. The van der Waals surface area contributed by atoms with Gasteiger partial charge in [-0.25, -0.2) is 8.78 Å². The van der Waals surface area contributed by atoms with Gasteiger partial charge in [-0.3, -0.25) is 29.3 Å². The summed E-state index contributed by atoms with van der Waals surface area (Å²) in [6.07, 6.45) is 5.89. The Hall–Kier alpha value is -6.50. The molecule has 5 aromatic carbocycles. The summed E-state index contributed by atoms with van der Waals surface area (Å²) in [4.78, 5) is 66.8. The molecule has 0 spiro atoms. The van der Waals surface area contributed by atoms with Crippen LogP contribution in [-0.4, -0.2) is 64.9 Å². The molecule has 7 rings (SSSR count). The highest BCUT2D eigenvalue weighted by Gasteiger charge is 2.38. The fourth-order valence-electron chi connectivity index (χ4n) is 7.67. The van der Waals surface area contributed by atoms with Gasteiger partial charge in [0.05, 0.1) is 22.1 Å². The van der Waals surface area contributed by atoms with E-state index in [4.69, 9.17) is 0 Å². The summed E-state index contributed by atoms with van der Waals surface area (Å²) in [7, 11) is 0. The number of imide groups is 1. The minimum Gasteiger partial charge on any atom is -0.350 e. The molecule has 0 aromatic heterocycles. The first-order chi connectivity index (χ1) is 29.4. The molecule has 0 radical (unpaired) electrons. The molecule has 61 heavy (non-hydrogen) atoms. The van der Waals surface area contributed by atoms with E-state index < -0.39 is 40.5 Å². The van der Waals surface area contributed by atoms with Crippen LogP contribution in [0.3, 0.4) is 0 Å². The molecule has 0 saturated carbocycles. The van der Waals surface area contributed by atoms with E-state index in [9.17, 15) is 32.8 Å². The van der Waals surface area contributed by atoms with Crippen molar-refractivity contribution in [2.45, 2.75) is 44.8 Å². The lowest BCUT2D eigenvalue weighted by atomic mass is 9.90. The monoisotopic (exact) mass is 838 g/mol. The van der Waals surface area contributed by atoms with Gasteiger partial charge in [0.15, 0.2) is 5.78 Å². The topological polar surface area (TPSA) is 125 Å². The van der Waals surface area contributed by atoms with E-state index in [-0.39, 0.29) is 53.7 Å². The second-order valence-corrected chi connectivity index (χ2v) is 16.4. The molecule has 3 N–H and O–H groups in total. The van der Waals surface area contributed by atoms with Gasteiger partial charge in [0.2, 0.25) is 5.91 Å². The maximum atomic E-state index is 14.8. The third kappa shape index (κ3) is 10.5. The van der Waals surface area contributed by atoms with Gasteiger partial charge in [-0.1, -0.05) is 111 Å². The summed E-state index contributed by atoms with van der Waals surface area (Å²) in [5, 5.41) is 8.59. The number of carbonyl (C=O) groups excluding carboxylic acids is 5. The Morgan fingerprint density at radius 3 is 2.23 bits per heavy atom. The third-order valence-corrected chi connectivity index (χ3v) is 11.7. The van der Waals surface area contributed by atoms with Crippen LogP contribution in [0.4, 0.5) is 13.6 Å². The van der Waals surface area contributed by atoms with E-state index in [1.54, 1.807) is 53.5 Å². The van der Waals surface area contributed by atoms with Crippen molar-refractivity contribution in [3.05, 3.63) is 177 Å². The van der Waals surface area contributed by atoms with E-state index >= 15 is 0 Å². The zero-order valence-electron chi connectivity index (χ0n) is 33.6. The van der Waals surface area contributed by atoms with Crippen molar-refractivity contribution in [1.29, 1.82) is 0 Å². The number of nitrogens with zero attached hydrogens (tertiary/aromatic N) is 1. The standard InChI is InChI=1S/C49H44F2N4O5S/c1-30(2)43(25-34-12-6-7-13-38(34)33-10-4-3-5-11-33)53-36-27-37(28-52-45(56)23-20-31-16-18-32(19-17-31)24-44-47(58)54-49(60)61-44)55(29-36)48(59)40-15-9-8-14-39(40)46(57)41-22-21-35(50)26-42(41)51/h3-24,26,30,36-37,43,53H,25,27-29H2,1-2H3,(H,52,56)(H,54,58,60)/b23-20+,44-24-/t36-,37+,43?/m1/s1. The Labute approximate surface area is 357 Å². The number of benzene rings is 5. The molecule has 2 fully saturated rings. The molecule has 5 aromatic rings. The SMILES string of the molecule is CC(C)C(Cc1ccccc1-c1ccccc1)N[C@@H]1C[C@@H](CNC(=O)/C=C/c2ccc(/C=C3\SC(=O)NC3=O)cc2)N(C(=O)c2ccccc2C(=O)c2ccc(F)cc2F)C1. The van der Waals surface area contributed by atoms with Crippen LogP contribution >= 0.6 is 11.8 Å². The average molecular weight is 839 g/mol. The van der Waals surface area contributed by atoms with Crippen LogP contribution in [0.5, 0.6) is 0 Å². The summed E-state index contributed by atoms with van der Waals surface area (Å²) in [5.41, 5.74) is 4.61. The van der Waals surface area contributed by atoms with Crippen molar-refractivity contribution < 1.29 is 32.8 Å². The van der Waals surface area contributed by atoms with Crippen LogP contribution in [0.25, 0.3) is 23.3 Å². The van der Waals surface area contributed by atoms with E-state index in [1.165, 1.54) is 23.8 Å². The Morgan fingerprint density at radius 2 is 1.52 bits per heavy atom. The zero-order valence-corrected chi connectivity index (χ0v) is 34.4. The highest BCUT2D eigenvalue weighted by atomic mass is 32.2. The zero-order chi connectivity index (χ0) is 43.0. The minimum atomic E-state index is -1.02. The number of amides is 4. The van der Waals surface area contributed by atoms with Crippen molar-refractivity contribution in [1.82, 2.24) is 20.9 Å². The van der Waals surface area contributed by atoms with Gasteiger partial charge in [0.1, 0.15) is 11.6 Å². The molecule has 2 saturated heterocycles. The number of carbonyl (C=O) groups is 5. The summed E-state index contributed by atoms with van der Waals surface area (Å²) < 4.78 is 28.6. The molecule has 0 aliphatic carbocycles. The average Bonchev–Trinajstić information content (AvgIpc) is 3.82. The highest BCUT2D eigenvalue weighted by Crippen LogP contribution is 2.29. The second-order valence-electron chi connectivity index (χ2n) is 15.4. The first-order valence-electron chi connectivity index (χ1n) is 20.0. The normalized spacial score (nSPS) is 17.6. The number of nitrogens with one attached hydrogen (secondary N) is 3. The van der Waals surface area contributed by atoms with E-state index in [0.29, 0.717) is 23.0 Å². The molecule has 1 unspecified atom stereocenters. The summed E-state index contributed by atoms with van der Waals surface area (Å²) in [6.45, 7) is 4.70. The molecule has 2 aliphatic rings. The Bertz CT molecular complexity index is 2520. The smallest absolute Gasteiger partial charge is 0.290 e. The second kappa shape index (κ2) is 19.3. The van der Waals surface area contributed by atoms with Crippen LogP contribution in [0.2, 0.25) is 0 Å². The van der Waals surface area contributed by atoms with Crippen LogP contribution in [-0.2, 0) is 16.0 Å². The van der Waals surface area contributed by atoms with E-state index in [0.717, 1.165) is 47.0 Å². The number of halogens is 2. The summed E-state index contributed by atoms with van der Waals surface area (Å²) in [5.74, 6) is -3.65. The predicted molar refractivity (Wildman–Crippen MR) is 234 cm³/mol. The Morgan fingerprint density at radius 1 is 0.836 bits per heavy atom. The summed E-state index contributed by atoms with van der Waals surface area (Å²) in [6, 6.07) is 33.9. The Balaban J connectivity index is 1.10. The van der Waals surface area contributed by atoms with Crippen LogP contribution < -0.4 is 16.0 Å². The number of rotatable bonds is 14. The van der Waals surface area contributed by atoms with Crippen molar-refractivity contribution in [2.24, 2.45) is 5.92 Å². The van der Waals surface area contributed by atoms with Gasteiger partial charge in [0, 0.05) is 42.9 Å². The van der Waals surface area contributed by atoms with Gasteiger partial charge in [-0.2, -0.15) is 0 Å². The maximum Gasteiger partial charge on any atom is 0.290 e. The largest absolute Gasteiger partial charge is 0.350 e. The first kappa shape index (κ1) is 42.6. The van der Waals surface area contributed by atoms with Gasteiger partial charge >= 0.3 is 0 Å². The van der Waals surface area contributed by atoms with Gasteiger partial charge in [-0.15, -0.1) is 0 Å². The molecule has 2 aliphatic heterocycles. The number of ketones is 1.